The quantitative estimate of drug-likeness (QED) is 0.501. The number of sulfonamides is 1. The predicted octanol–water partition coefficient (Wildman–Crippen LogP) is 3.31. The van der Waals surface area contributed by atoms with Crippen LogP contribution in [0.25, 0.3) is 0 Å². The molecule has 0 radical (unpaired) electrons. The lowest BCUT2D eigenvalue weighted by Gasteiger charge is -2.32. The van der Waals surface area contributed by atoms with E-state index in [9.17, 15) is 13.2 Å². The molecule has 0 N–H and O–H groups in total. The first-order valence-corrected chi connectivity index (χ1v) is 12.0. The van der Waals surface area contributed by atoms with Crippen molar-refractivity contribution in [2.24, 2.45) is 5.92 Å². The van der Waals surface area contributed by atoms with Gasteiger partial charge >= 0.3 is 0 Å². The molecule has 1 aromatic rings. The highest BCUT2D eigenvalue weighted by Gasteiger charge is 2.27. The van der Waals surface area contributed by atoms with E-state index in [1.165, 1.54) is 0 Å². The zero-order valence-electron chi connectivity index (χ0n) is 17.1. The molecule has 0 spiro atoms. The number of hydrogen-bond donors (Lipinski definition) is 0. The van der Waals surface area contributed by atoms with Crippen molar-refractivity contribution in [3.8, 4) is 0 Å². The Kier molecular flexibility index (Phi) is 7.86. The molecule has 0 aromatic heterocycles. The van der Waals surface area contributed by atoms with Gasteiger partial charge in [0.15, 0.2) is 0 Å². The second-order valence-corrected chi connectivity index (χ2v) is 9.84. The second-order valence-electron chi connectivity index (χ2n) is 7.90. The van der Waals surface area contributed by atoms with Crippen molar-refractivity contribution < 1.29 is 17.9 Å². The van der Waals surface area contributed by atoms with Gasteiger partial charge in [0, 0.05) is 38.3 Å². The number of benzene rings is 1. The average Bonchev–Trinajstić information content (AvgIpc) is 3.04. The number of ether oxygens (including phenoxy) is 1. The first-order valence-electron chi connectivity index (χ1n) is 10.6. The zero-order valence-corrected chi connectivity index (χ0v) is 17.9. The van der Waals surface area contributed by atoms with Crippen LogP contribution in [0.5, 0.6) is 0 Å². The maximum Gasteiger partial charge on any atom is 0.253 e. The molecule has 2 saturated heterocycles. The predicted molar refractivity (Wildman–Crippen MR) is 113 cm³/mol. The summed E-state index contributed by atoms with van der Waals surface area (Å²) in [5, 5.41) is 0. The molecule has 2 aliphatic rings. The maximum absolute atomic E-state index is 12.9. The Hall–Kier alpha value is -1.70. The van der Waals surface area contributed by atoms with Crippen molar-refractivity contribution in [1.29, 1.82) is 0 Å². The van der Waals surface area contributed by atoms with E-state index in [2.05, 4.69) is 6.58 Å². The summed E-state index contributed by atoms with van der Waals surface area (Å²) in [6.45, 7) is 7.47. The Morgan fingerprint density at radius 3 is 2.24 bits per heavy atom. The molecule has 6 nitrogen and oxygen atoms in total. The van der Waals surface area contributed by atoms with Gasteiger partial charge in [-0.1, -0.05) is 18.9 Å². The standard InChI is InChI=1S/C22H32N2O4S/c1-2-17-28-18-19-11-15-23(16-12-19)22(25)20-7-9-21(10-8-20)29(26,27)24-13-5-3-4-6-14-24/h2,7-10,19H,1,3-6,11-18H2. The molecule has 0 saturated carbocycles. The third-order valence-electron chi connectivity index (χ3n) is 5.80. The third-order valence-corrected chi connectivity index (χ3v) is 7.71. The summed E-state index contributed by atoms with van der Waals surface area (Å²) in [7, 11) is -3.48. The first-order chi connectivity index (χ1) is 14.0. The Balaban J connectivity index is 1.58. The lowest BCUT2D eigenvalue weighted by atomic mass is 9.97. The van der Waals surface area contributed by atoms with Crippen LogP contribution in [0.1, 0.15) is 48.9 Å². The van der Waals surface area contributed by atoms with Gasteiger partial charge in [0.25, 0.3) is 5.91 Å². The molecule has 2 fully saturated rings. The molecular formula is C22H32N2O4S. The number of nitrogens with zero attached hydrogens (tertiary/aromatic N) is 2. The monoisotopic (exact) mass is 420 g/mol. The third kappa shape index (κ3) is 5.68. The van der Waals surface area contributed by atoms with Gasteiger partial charge in [-0.05, 0) is 55.9 Å². The first kappa shape index (κ1) is 22.0. The number of likely N-dealkylation sites (tertiary alicyclic amines) is 1. The van der Waals surface area contributed by atoms with Crippen molar-refractivity contribution in [3.05, 3.63) is 42.5 Å². The number of hydrogen-bond acceptors (Lipinski definition) is 4. The van der Waals surface area contributed by atoms with Crippen LogP contribution >= 0.6 is 0 Å². The summed E-state index contributed by atoms with van der Waals surface area (Å²) in [6, 6.07) is 6.44. The second kappa shape index (κ2) is 10.4. The minimum Gasteiger partial charge on any atom is -0.377 e. The average molecular weight is 421 g/mol. The minimum absolute atomic E-state index is 0.0332. The summed E-state index contributed by atoms with van der Waals surface area (Å²) in [5.74, 6) is 0.439. The van der Waals surface area contributed by atoms with Gasteiger partial charge in [-0.3, -0.25) is 4.79 Å². The minimum atomic E-state index is -3.48. The molecule has 1 amide bonds. The number of amides is 1. The van der Waals surface area contributed by atoms with Crippen molar-refractivity contribution in [2.75, 3.05) is 39.4 Å². The van der Waals surface area contributed by atoms with E-state index in [0.717, 1.165) is 38.5 Å². The fourth-order valence-corrected chi connectivity index (χ4v) is 5.52. The molecule has 0 atom stereocenters. The Morgan fingerprint density at radius 2 is 1.66 bits per heavy atom. The zero-order chi connectivity index (χ0) is 20.7. The van der Waals surface area contributed by atoms with E-state index in [4.69, 9.17) is 4.74 Å². The van der Waals surface area contributed by atoms with Crippen LogP contribution in [0.3, 0.4) is 0 Å². The van der Waals surface area contributed by atoms with Crippen molar-refractivity contribution in [1.82, 2.24) is 9.21 Å². The van der Waals surface area contributed by atoms with Crippen LogP contribution < -0.4 is 0 Å². The molecule has 2 aliphatic heterocycles. The van der Waals surface area contributed by atoms with Crippen molar-refractivity contribution in [3.63, 3.8) is 0 Å². The maximum atomic E-state index is 12.9. The SMILES string of the molecule is C=CCOCC1CCN(C(=O)c2ccc(S(=O)(=O)N3CCCCCC3)cc2)CC1. The topological polar surface area (TPSA) is 66.9 Å². The van der Waals surface area contributed by atoms with E-state index in [-0.39, 0.29) is 10.8 Å². The molecular weight excluding hydrogens is 388 g/mol. The van der Waals surface area contributed by atoms with E-state index in [0.29, 0.717) is 50.9 Å². The highest BCUT2D eigenvalue weighted by atomic mass is 32.2. The van der Waals surface area contributed by atoms with Crippen LogP contribution in [0, 0.1) is 5.92 Å². The highest BCUT2D eigenvalue weighted by molar-refractivity contribution is 7.89. The van der Waals surface area contributed by atoms with Crippen LogP contribution in [0.2, 0.25) is 0 Å². The number of piperidine rings is 1. The lowest BCUT2D eigenvalue weighted by molar-refractivity contribution is 0.0575. The molecule has 0 unspecified atom stereocenters. The van der Waals surface area contributed by atoms with Crippen LogP contribution in [-0.2, 0) is 14.8 Å². The molecule has 0 aliphatic carbocycles. The molecule has 0 bridgehead atoms. The summed E-state index contributed by atoms with van der Waals surface area (Å²) < 4.78 is 32.9. The van der Waals surface area contributed by atoms with Gasteiger partial charge in [0.05, 0.1) is 11.5 Å². The van der Waals surface area contributed by atoms with Crippen LogP contribution in [0.4, 0.5) is 0 Å². The van der Waals surface area contributed by atoms with E-state index in [1.54, 1.807) is 34.6 Å². The normalized spacial score (nSPS) is 19.7. The van der Waals surface area contributed by atoms with Crippen molar-refractivity contribution >= 4 is 15.9 Å². The molecule has 29 heavy (non-hydrogen) atoms. The van der Waals surface area contributed by atoms with Gasteiger partial charge in [-0.2, -0.15) is 4.31 Å². The highest BCUT2D eigenvalue weighted by Crippen LogP contribution is 2.23. The Bertz CT molecular complexity index is 776. The number of carbonyl (C=O) groups is 1. The summed E-state index contributed by atoms with van der Waals surface area (Å²) in [5.41, 5.74) is 0.543. The molecule has 7 heteroatoms. The number of carbonyl (C=O) groups excluding carboxylic acids is 1. The molecule has 160 valence electrons. The Morgan fingerprint density at radius 1 is 1.03 bits per heavy atom. The smallest absolute Gasteiger partial charge is 0.253 e. The Labute approximate surface area is 174 Å². The van der Waals surface area contributed by atoms with Crippen LogP contribution in [0.15, 0.2) is 41.8 Å². The van der Waals surface area contributed by atoms with Gasteiger partial charge in [-0.25, -0.2) is 8.42 Å². The van der Waals surface area contributed by atoms with E-state index < -0.39 is 10.0 Å². The van der Waals surface area contributed by atoms with E-state index in [1.807, 2.05) is 4.90 Å². The fourth-order valence-electron chi connectivity index (χ4n) is 4.00. The molecule has 3 rings (SSSR count). The fraction of sp³-hybridized carbons (Fsp3) is 0.591. The van der Waals surface area contributed by atoms with Gasteiger partial charge in [-0.15, -0.1) is 6.58 Å². The largest absolute Gasteiger partial charge is 0.377 e. The van der Waals surface area contributed by atoms with Gasteiger partial charge < -0.3 is 9.64 Å². The van der Waals surface area contributed by atoms with E-state index >= 15 is 0 Å². The lowest BCUT2D eigenvalue weighted by Crippen LogP contribution is -2.39. The summed E-state index contributed by atoms with van der Waals surface area (Å²) >= 11 is 0. The number of rotatable bonds is 7. The summed E-state index contributed by atoms with van der Waals surface area (Å²) in [6.07, 6.45) is 7.56. The van der Waals surface area contributed by atoms with Gasteiger partial charge in [0.2, 0.25) is 10.0 Å². The summed E-state index contributed by atoms with van der Waals surface area (Å²) in [4.78, 5) is 14.9. The van der Waals surface area contributed by atoms with Crippen LogP contribution in [-0.4, -0.2) is 62.9 Å². The molecule has 1 aromatic carbocycles. The molecule has 2 heterocycles. The van der Waals surface area contributed by atoms with Gasteiger partial charge in [0.1, 0.15) is 0 Å². The van der Waals surface area contributed by atoms with Crippen molar-refractivity contribution in [2.45, 2.75) is 43.4 Å².